The third-order valence-electron chi connectivity index (χ3n) is 5.27. The molecule has 0 bridgehead atoms. The van der Waals surface area contributed by atoms with E-state index in [0.717, 1.165) is 31.2 Å². The van der Waals surface area contributed by atoms with Crippen LogP contribution in [0.5, 0.6) is 0 Å². The van der Waals surface area contributed by atoms with Gasteiger partial charge in [0.15, 0.2) is 6.61 Å². The minimum Gasteiger partial charge on any atom is -0.456 e. The molecule has 0 spiro atoms. The van der Waals surface area contributed by atoms with Crippen LogP contribution in [0.4, 0.5) is 0 Å². The summed E-state index contributed by atoms with van der Waals surface area (Å²) in [6.45, 7) is -0.184. The fraction of sp³-hybridized carbons (Fsp3) is 0.500. The van der Waals surface area contributed by atoms with E-state index < -0.39 is 18.5 Å². The molecule has 3 rings (SSSR count). The zero-order valence-corrected chi connectivity index (χ0v) is 16.2. The molecule has 7 nitrogen and oxygen atoms in total. The Bertz CT molecular complexity index is 758. The van der Waals surface area contributed by atoms with E-state index in [1.165, 1.54) is 4.90 Å². The molecule has 1 aromatic carbocycles. The van der Waals surface area contributed by atoms with Crippen LogP contribution in [0, 0.1) is 11.8 Å². The van der Waals surface area contributed by atoms with Gasteiger partial charge in [-0.05, 0) is 24.5 Å². The van der Waals surface area contributed by atoms with Gasteiger partial charge in [-0.2, -0.15) is 0 Å². The largest absolute Gasteiger partial charge is 0.456 e. The van der Waals surface area contributed by atoms with E-state index in [9.17, 15) is 19.2 Å². The minimum absolute atomic E-state index is 0.00470. The van der Waals surface area contributed by atoms with E-state index in [1.807, 2.05) is 6.07 Å². The van der Waals surface area contributed by atoms with Gasteiger partial charge in [-0.15, -0.1) is 0 Å². The summed E-state index contributed by atoms with van der Waals surface area (Å²) in [4.78, 5) is 49.6. The second-order valence-corrected chi connectivity index (χ2v) is 7.51. The summed E-state index contributed by atoms with van der Waals surface area (Å²) in [6, 6.07) is 7.11. The van der Waals surface area contributed by atoms with E-state index >= 15 is 0 Å². The summed E-state index contributed by atoms with van der Waals surface area (Å²) < 4.78 is 4.94. The van der Waals surface area contributed by atoms with Crippen LogP contribution in [0.25, 0.3) is 0 Å². The smallest absolute Gasteiger partial charge is 0.308 e. The fourth-order valence-electron chi connectivity index (χ4n) is 3.76. The van der Waals surface area contributed by atoms with Gasteiger partial charge in [0.05, 0.1) is 18.3 Å². The second kappa shape index (κ2) is 9.19. The molecule has 1 saturated heterocycles. The molecule has 2 fully saturated rings. The maximum Gasteiger partial charge on any atom is 0.308 e. The lowest BCUT2D eigenvalue weighted by Crippen LogP contribution is -2.34. The molecular formula is C20H23ClN2O5. The van der Waals surface area contributed by atoms with Gasteiger partial charge in [0.25, 0.3) is 5.91 Å². The van der Waals surface area contributed by atoms with E-state index in [2.05, 4.69) is 5.32 Å². The third-order valence-corrected chi connectivity index (χ3v) is 5.64. The summed E-state index contributed by atoms with van der Waals surface area (Å²) >= 11 is 6.01. The van der Waals surface area contributed by atoms with Gasteiger partial charge >= 0.3 is 5.97 Å². The first-order valence-corrected chi connectivity index (χ1v) is 9.86. The Kier molecular flexibility index (Phi) is 6.67. The average molecular weight is 407 g/mol. The van der Waals surface area contributed by atoms with Gasteiger partial charge in [-0.1, -0.05) is 42.6 Å². The minimum atomic E-state index is -0.622. The maximum absolute atomic E-state index is 12.4. The van der Waals surface area contributed by atoms with E-state index in [4.69, 9.17) is 16.3 Å². The van der Waals surface area contributed by atoms with Crippen LogP contribution in [-0.2, 0) is 30.5 Å². The molecule has 1 aliphatic carbocycles. The van der Waals surface area contributed by atoms with Crippen LogP contribution in [-0.4, -0.2) is 41.7 Å². The number of nitrogens with zero attached hydrogens (tertiary/aromatic N) is 1. The highest BCUT2D eigenvalue weighted by molar-refractivity contribution is 6.31. The van der Waals surface area contributed by atoms with Crippen molar-refractivity contribution in [2.75, 3.05) is 13.2 Å². The molecule has 2 aliphatic rings. The number of benzene rings is 1. The first-order valence-electron chi connectivity index (χ1n) is 9.48. The van der Waals surface area contributed by atoms with Gasteiger partial charge in [-0.25, -0.2) is 0 Å². The highest BCUT2D eigenvalue weighted by Crippen LogP contribution is 2.37. The fourth-order valence-corrected chi connectivity index (χ4v) is 3.96. The molecule has 1 N–H and O–H groups in total. The van der Waals surface area contributed by atoms with Crippen LogP contribution < -0.4 is 5.32 Å². The first kappa shape index (κ1) is 20.3. The van der Waals surface area contributed by atoms with E-state index in [1.54, 1.807) is 18.2 Å². The number of carbonyl (C=O) groups excluding carboxylic acids is 4. The molecule has 28 heavy (non-hydrogen) atoms. The van der Waals surface area contributed by atoms with Crippen molar-refractivity contribution in [3.63, 3.8) is 0 Å². The Hall–Kier alpha value is -2.41. The third kappa shape index (κ3) is 4.70. The zero-order chi connectivity index (χ0) is 20.1. The number of hydrogen-bond donors (Lipinski definition) is 1. The van der Waals surface area contributed by atoms with Crippen LogP contribution in [0.2, 0.25) is 5.02 Å². The van der Waals surface area contributed by atoms with E-state index in [-0.39, 0.29) is 43.2 Å². The molecule has 1 heterocycles. The van der Waals surface area contributed by atoms with Gasteiger partial charge < -0.3 is 10.1 Å². The van der Waals surface area contributed by atoms with Crippen molar-refractivity contribution in [2.24, 2.45) is 11.8 Å². The number of amides is 3. The number of ether oxygens (including phenoxy) is 1. The molecule has 0 unspecified atom stereocenters. The van der Waals surface area contributed by atoms with Crippen LogP contribution in [0.15, 0.2) is 24.3 Å². The zero-order valence-electron chi connectivity index (χ0n) is 15.5. The Morgan fingerprint density at radius 1 is 1.11 bits per heavy atom. The Morgan fingerprint density at radius 2 is 1.75 bits per heavy atom. The number of fused-ring (bicyclic) bond motifs is 1. The number of likely N-dealkylation sites (tertiary alicyclic amines) is 1. The van der Waals surface area contributed by atoms with Crippen molar-refractivity contribution in [3.05, 3.63) is 34.9 Å². The molecule has 2 atom stereocenters. The Morgan fingerprint density at radius 3 is 2.39 bits per heavy atom. The number of nitrogens with one attached hydrogen (secondary N) is 1. The maximum atomic E-state index is 12.4. The van der Waals surface area contributed by atoms with Gasteiger partial charge in [-0.3, -0.25) is 24.1 Å². The number of rotatable bonds is 7. The molecule has 8 heteroatoms. The lowest BCUT2D eigenvalue weighted by Gasteiger charge is -2.19. The molecule has 1 aliphatic heterocycles. The van der Waals surface area contributed by atoms with Crippen LogP contribution >= 0.6 is 11.6 Å². The summed E-state index contributed by atoms with van der Waals surface area (Å²) in [6.07, 6.45) is 3.27. The molecule has 0 radical (unpaired) electrons. The van der Waals surface area contributed by atoms with E-state index in [0.29, 0.717) is 5.02 Å². The van der Waals surface area contributed by atoms with Crippen molar-refractivity contribution in [1.29, 1.82) is 0 Å². The summed E-state index contributed by atoms with van der Waals surface area (Å²) in [5.74, 6) is -1.89. The molecule has 150 valence electrons. The van der Waals surface area contributed by atoms with Crippen LogP contribution in [0.1, 0.15) is 37.7 Å². The Labute approximate surface area is 168 Å². The number of halogens is 1. The quantitative estimate of drug-likeness (QED) is 0.552. The highest BCUT2D eigenvalue weighted by atomic mass is 35.5. The standard InChI is InChI=1S/C20H23ClN2O5/c21-16-8-4-1-5-13(16)11-22-17(24)12-28-18(25)9-10-23-19(26)14-6-2-3-7-15(14)20(23)27/h1,4-5,8,14-15H,2-3,6-7,9-12H2,(H,22,24)/t14-,15-/m0/s1. The first-order chi connectivity index (χ1) is 13.5. The summed E-state index contributed by atoms with van der Waals surface area (Å²) in [7, 11) is 0. The van der Waals surface area contributed by atoms with Gasteiger partial charge in [0, 0.05) is 18.1 Å². The highest BCUT2D eigenvalue weighted by Gasteiger charge is 2.47. The SMILES string of the molecule is O=C(COC(=O)CCN1C(=O)[C@H]2CCCC[C@@H]2C1=O)NCc1ccccc1Cl. The topological polar surface area (TPSA) is 92.8 Å². The number of carbonyl (C=O) groups is 4. The van der Waals surface area contributed by atoms with Gasteiger partial charge in [0.1, 0.15) is 0 Å². The molecule has 0 aromatic heterocycles. The van der Waals surface area contributed by atoms with Crippen LogP contribution in [0.3, 0.4) is 0 Å². The monoisotopic (exact) mass is 406 g/mol. The molecule has 1 saturated carbocycles. The number of hydrogen-bond acceptors (Lipinski definition) is 5. The molecular weight excluding hydrogens is 384 g/mol. The number of imide groups is 1. The normalized spacial score (nSPS) is 21.4. The lowest BCUT2D eigenvalue weighted by molar-refractivity contribution is -0.150. The second-order valence-electron chi connectivity index (χ2n) is 7.10. The molecule has 1 aromatic rings. The molecule has 3 amide bonds. The van der Waals surface area contributed by atoms with Crippen molar-refractivity contribution < 1.29 is 23.9 Å². The summed E-state index contributed by atoms with van der Waals surface area (Å²) in [5, 5.41) is 3.16. The Balaban J connectivity index is 1.38. The van der Waals surface area contributed by atoms with Crippen molar-refractivity contribution in [1.82, 2.24) is 10.2 Å². The van der Waals surface area contributed by atoms with Crippen molar-refractivity contribution >= 4 is 35.3 Å². The van der Waals surface area contributed by atoms with Crippen molar-refractivity contribution in [3.8, 4) is 0 Å². The van der Waals surface area contributed by atoms with Crippen molar-refractivity contribution in [2.45, 2.75) is 38.6 Å². The predicted octanol–water partition coefficient (Wildman–Crippen LogP) is 2.06. The van der Waals surface area contributed by atoms with Gasteiger partial charge in [0.2, 0.25) is 11.8 Å². The number of esters is 1. The average Bonchev–Trinajstić information content (AvgIpc) is 2.94. The lowest BCUT2D eigenvalue weighted by atomic mass is 9.81. The summed E-state index contributed by atoms with van der Waals surface area (Å²) in [5.41, 5.74) is 0.761. The predicted molar refractivity (Wildman–Crippen MR) is 101 cm³/mol.